The molecule has 0 radical (unpaired) electrons. The number of hydrogen-bond acceptors (Lipinski definition) is 0. The van der Waals surface area contributed by atoms with E-state index >= 15 is 0 Å². The smallest absolute Gasteiger partial charge is 0.0506 e. The van der Waals surface area contributed by atoms with Crippen molar-refractivity contribution in [3.05, 3.63) is 77.0 Å². The van der Waals surface area contributed by atoms with Crippen molar-refractivity contribution in [1.29, 1.82) is 0 Å². The Balaban J connectivity index is 1.99. The van der Waals surface area contributed by atoms with Gasteiger partial charge in [0.2, 0.25) is 0 Å². The van der Waals surface area contributed by atoms with Crippen molar-refractivity contribution in [3.8, 4) is 0 Å². The Morgan fingerprint density at radius 2 is 1.63 bits per heavy atom. The largest absolute Gasteiger partial charge is 0.354 e. The summed E-state index contributed by atoms with van der Waals surface area (Å²) in [6, 6.07) is 19.3. The number of rotatable bonds is 1. The minimum Gasteiger partial charge on any atom is -0.354 e. The summed E-state index contributed by atoms with van der Waals surface area (Å²) in [4.78, 5) is 3.60. The van der Waals surface area contributed by atoms with Crippen LogP contribution < -0.4 is 0 Å². The van der Waals surface area contributed by atoms with Gasteiger partial charge in [0, 0.05) is 16.5 Å². The van der Waals surface area contributed by atoms with Crippen LogP contribution in [-0.2, 0) is 6.42 Å². The normalized spacial score (nSPS) is 14.2. The van der Waals surface area contributed by atoms with E-state index < -0.39 is 0 Å². The molecule has 1 heterocycles. The van der Waals surface area contributed by atoms with Crippen LogP contribution in [0, 0.1) is 0 Å². The summed E-state index contributed by atoms with van der Waals surface area (Å²) in [7, 11) is 0. The van der Waals surface area contributed by atoms with E-state index in [9.17, 15) is 0 Å². The topological polar surface area (TPSA) is 15.8 Å². The minimum absolute atomic E-state index is 1.06. The van der Waals surface area contributed by atoms with Crippen LogP contribution in [0.4, 0.5) is 0 Å². The van der Waals surface area contributed by atoms with Gasteiger partial charge in [-0.3, -0.25) is 0 Å². The molecule has 0 fully saturated rings. The summed E-state index contributed by atoms with van der Waals surface area (Å²) in [5.41, 5.74) is 8.15. The van der Waals surface area contributed by atoms with E-state index in [-0.39, 0.29) is 0 Å². The molecule has 1 aliphatic rings. The summed E-state index contributed by atoms with van der Waals surface area (Å²) >= 11 is 0. The number of aromatic nitrogens is 1. The van der Waals surface area contributed by atoms with E-state index in [1.807, 2.05) is 0 Å². The molecule has 1 nitrogen and oxygen atoms in total. The fourth-order valence-electron chi connectivity index (χ4n) is 3.16. The van der Waals surface area contributed by atoms with Gasteiger partial charge in [-0.15, -0.1) is 0 Å². The summed E-state index contributed by atoms with van der Waals surface area (Å²) < 4.78 is 0. The first-order valence-corrected chi connectivity index (χ1v) is 6.70. The Morgan fingerprint density at radius 3 is 2.47 bits per heavy atom. The van der Waals surface area contributed by atoms with Gasteiger partial charge in [-0.1, -0.05) is 54.1 Å². The molecular formula is C18H15N. The van der Waals surface area contributed by atoms with Crippen LogP contribution in [0.25, 0.3) is 16.5 Å². The number of hydrogen-bond donors (Lipinski definition) is 1. The summed E-state index contributed by atoms with van der Waals surface area (Å²) in [6.45, 7) is 2.24. The minimum atomic E-state index is 1.06. The highest BCUT2D eigenvalue weighted by molar-refractivity contribution is 5.96. The lowest BCUT2D eigenvalue weighted by molar-refractivity contribution is 1.21. The van der Waals surface area contributed by atoms with Gasteiger partial charge in [0.15, 0.2) is 0 Å². The third kappa shape index (κ3) is 1.48. The molecule has 3 aromatic rings. The van der Waals surface area contributed by atoms with Crippen molar-refractivity contribution < 1.29 is 0 Å². The van der Waals surface area contributed by atoms with Crippen molar-refractivity contribution in [3.63, 3.8) is 0 Å². The molecule has 0 amide bonds. The lowest BCUT2D eigenvalue weighted by atomic mass is 10.0. The monoisotopic (exact) mass is 245 g/mol. The predicted molar refractivity (Wildman–Crippen MR) is 80.1 cm³/mol. The van der Waals surface area contributed by atoms with E-state index in [4.69, 9.17) is 0 Å². The Hall–Kier alpha value is -2.28. The molecule has 0 unspecified atom stereocenters. The maximum atomic E-state index is 3.60. The third-order valence-electron chi connectivity index (χ3n) is 3.99. The van der Waals surface area contributed by atoms with Crippen LogP contribution in [0.2, 0.25) is 0 Å². The Bertz CT molecular complexity index is 791. The van der Waals surface area contributed by atoms with Crippen LogP contribution in [0.3, 0.4) is 0 Å². The van der Waals surface area contributed by atoms with Crippen molar-refractivity contribution in [2.45, 2.75) is 13.3 Å². The lowest BCUT2D eigenvalue weighted by Gasteiger charge is -2.05. The van der Waals surface area contributed by atoms with Gasteiger partial charge in [-0.05, 0) is 30.5 Å². The standard InChI is InChI=1S/C18H15N/c1-12-11-15-14-9-5-6-10-16(14)19-18(15)17(12)13-7-3-2-4-8-13/h2-10,19H,11H2,1H3. The van der Waals surface area contributed by atoms with Crippen LogP contribution in [0.15, 0.2) is 60.2 Å². The van der Waals surface area contributed by atoms with Gasteiger partial charge in [-0.2, -0.15) is 0 Å². The molecule has 0 saturated heterocycles. The van der Waals surface area contributed by atoms with Gasteiger partial charge >= 0.3 is 0 Å². The number of fused-ring (bicyclic) bond motifs is 3. The molecule has 0 bridgehead atoms. The van der Waals surface area contributed by atoms with Crippen molar-refractivity contribution >= 4 is 16.5 Å². The van der Waals surface area contributed by atoms with E-state index in [1.165, 1.54) is 38.9 Å². The first-order valence-electron chi connectivity index (χ1n) is 6.70. The van der Waals surface area contributed by atoms with Gasteiger partial charge in [0.05, 0.1) is 5.69 Å². The SMILES string of the molecule is CC1=C(c2ccccc2)c2[nH]c3ccccc3c2C1. The van der Waals surface area contributed by atoms with Gasteiger partial charge < -0.3 is 4.98 Å². The second-order valence-electron chi connectivity index (χ2n) is 5.22. The molecule has 1 N–H and O–H groups in total. The zero-order valence-corrected chi connectivity index (χ0v) is 10.9. The number of benzene rings is 2. The van der Waals surface area contributed by atoms with E-state index in [2.05, 4.69) is 66.5 Å². The molecule has 0 spiro atoms. The molecule has 19 heavy (non-hydrogen) atoms. The average molecular weight is 245 g/mol. The Morgan fingerprint density at radius 1 is 0.895 bits per heavy atom. The molecular weight excluding hydrogens is 230 g/mol. The number of aromatic amines is 1. The van der Waals surface area contributed by atoms with E-state index in [0.29, 0.717) is 0 Å². The molecule has 1 aliphatic carbocycles. The lowest BCUT2D eigenvalue weighted by Crippen LogP contribution is -1.87. The third-order valence-corrected chi connectivity index (χ3v) is 3.99. The molecule has 0 saturated carbocycles. The predicted octanol–water partition coefficient (Wildman–Crippen LogP) is 4.55. The second kappa shape index (κ2) is 3.86. The van der Waals surface area contributed by atoms with E-state index in [1.54, 1.807) is 0 Å². The average Bonchev–Trinajstić information content (AvgIpc) is 2.94. The van der Waals surface area contributed by atoms with Gasteiger partial charge in [0.25, 0.3) is 0 Å². The Kier molecular flexibility index (Phi) is 2.16. The Labute approximate surface area is 112 Å². The quantitative estimate of drug-likeness (QED) is 0.647. The number of para-hydroxylation sites is 1. The van der Waals surface area contributed by atoms with Crippen molar-refractivity contribution in [1.82, 2.24) is 4.98 Å². The van der Waals surface area contributed by atoms with Crippen LogP contribution >= 0.6 is 0 Å². The molecule has 0 aliphatic heterocycles. The highest BCUT2D eigenvalue weighted by Crippen LogP contribution is 2.40. The molecule has 92 valence electrons. The summed E-state index contributed by atoms with van der Waals surface area (Å²) in [5, 5.41) is 1.36. The zero-order valence-electron chi connectivity index (χ0n) is 10.9. The highest BCUT2D eigenvalue weighted by Gasteiger charge is 2.23. The van der Waals surface area contributed by atoms with Crippen molar-refractivity contribution in [2.24, 2.45) is 0 Å². The van der Waals surface area contributed by atoms with Crippen LogP contribution in [-0.4, -0.2) is 4.98 Å². The van der Waals surface area contributed by atoms with Crippen LogP contribution in [0.5, 0.6) is 0 Å². The number of H-pyrrole nitrogens is 1. The maximum Gasteiger partial charge on any atom is 0.0506 e. The molecule has 1 aromatic heterocycles. The first kappa shape index (κ1) is 10.6. The molecule has 1 heteroatoms. The first-order chi connectivity index (χ1) is 9.34. The van der Waals surface area contributed by atoms with Gasteiger partial charge in [0.1, 0.15) is 0 Å². The van der Waals surface area contributed by atoms with E-state index in [0.717, 1.165) is 6.42 Å². The molecule has 0 atom stereocenters. The summed E-state index contributed by atoms with van der Waals surface area (Å²) in [5.74, 6) is 0. The number of nitrogens with one attached hydrogen (secondary N) is 1. The van der Waals surface area contributed by atoms with Gasteiger partial charge in [-0.25, -0.2) is 0 Å². The fourth-order valence-corrected chi connectivity index (χ4v) is 3.16. The fraction of sp³-hybridized carbons (Fsp3) is 0.111. The number of allylic oxidation sites excluding steroid dienone is 1. The van der Waals surface area contributed by atoms with Crippen molar-refractivity contribution in [2.75, 3.05) is 0 Å². The second-order valence-corrected chi connectivity index (χ2v) is 5.22. The summed E-state index contributed by atoms with van der Waals surface area (Å²) in [6.07, 6.45) is 1.06. The molecule has 4 rings (SSSR count). The maximum absolute atomic E-state index is 3.60. The zero-order chi connectivity index (χ0) is 12.8. The van der Waals surface area contributed by atoms with Crippen LogP contribution in [0.1, 0.15) is 23.7 Å². The highest BCUT2D eigenvalue weighted by atomic mass is 14.7. The molecule has 2 aromatic carbocycles.